The number of aliphatic hydroxyl groups excluding tert-OH is 1. The third-order valence-corrected chi connectivity index (χ3v) is 5.00. The van der Waals surface area contributed by atoms with Gasteiger partial charge in [0.15, 0.2) is 0 Å². The summed E-state index contributed by atoms with van der Waals surface area (Å²) in [4.78, 5) is 0.0943. The highest BCUT2D eigenvalue weighted by Gasteiger charge is 2.29. The standard InChI is InChI=1S/C15H15NO4S/c17-9-11-5-1-4-8-15(11)21(18,19)16-13-10-20-14-7-3-2-6-12(13)14/h1-8,13,16-17H,9-10H2. The van der Waals surface area contributed by atoms with Gasteiger partial charge >= 0.3 is 0 Å². The summed E-state index contributed by atoms with van der Waals surface area (Å²) in [5.74, 6) is 0.695. The Morgan fingerprint density at radius 1 is 1.14 bits per heavy atom. The number of fused-ring (bicyclic) bond motifs is 1. The van der Waals surface area contributed by atoms with Gasteiger partial charge < -0.3 is 9.84 Å². The van der Waals surface area contributed by atoms with Crippen molar-refractivity contribution in [3.63, 3.8) is 0 Å². The highest BCUT2D eigenvalue weighted by atomic mass is 32.2. The van der Waals surface area contributed by atoms with Crippen molar-refractivity contribution in [3.05, 3.63) is 59.7 Å². The smallest absolute Gasteiger partial charge is 0.241 e. The van der Waals surface area contributed by atoms with Gasteiger partial charge in [-0.3, -0.25) is 0 Å². The molecule has 2 aromatic rings. The topological polar surface area (TPSA) is 75.6 Å². The summed E-state index contributed by atoms with van der Waals surface area (Å²) in [6, 6.07) is 13.3. The zero-order chi connectivity index (χ0) is 14.9. The Morgan fingerprint density at radius 2 is 1.86 bits per heavy atom. The minimum Gasteiger partial charge on any atom is -0.491 e. The summed E-state index contributed by atoms with van der Waals surface area (Å²) < 4.78 is 33.1. The lowest BCUT2D eigenvalue weighted by molar-refractivity contribution is 0.278. The van der Waals surface area contributed by atoms with Gasteiger partial charge in [0.2, 0.25) is 10.0 Å². The molecular weight excluding hydrogens is 290 g/mol. The first kappa shape index (κ1) is 14.1. The van der Waals surface area contributed by atoms with Crippen molar-refractivity contribution in [3.8, 4) is 5.75 Å². The quantitative estimate of drug-likeness (QED) is 0.899. The summed E-state index contributed by atoms with van der Waals surface area (Å²) in [5.41, 5.74) is 1.19. The summed E-state index contributed by atoms with van der Waals surface area (Å²) in [5, 5.41) is 9.28. The van der Waals surface area contributed by atoms with E-state index in [0.29, 0.717) is 11.3 Å². The fourth-order valence-corrected chi connectivity index (χ4v) is 3.84. The third kappa shape index (κ3) is 2.65. The molecule has 0 radical (unpaired) electrons. The van der Waals surface area contributed by atoms with Crippen LogP contribution in [-0.2, 0) is 16.6 Å². The Hall–Kier alpha value is -1.89. The summed E-state index contributed by atoms with van der Waals surface area (Å²) in [7, 11) is -3.72. The van der Waals surface area contributed by atoms with E-state index in [4.69, 9.17) is 4.74 Å². The second kappa shape index (κ2) is 5.48. The first-order valence-corrected chi connectivity index (χ1v) is 8.03. The zero-order valence-electron chi connectivity index (χ0n) is 11.2. The summed E-state index contributed by atoms with van der Waals surface area (Å²) >= 11 is 0. The molecule has 0 aromatic heterocycles. The van der Waals surface area contributed by atoms with E-state index in [1.807, 2.05) is 24.3 Å². The second-order valence-corrected chi connectivity index (χ2v) is 6.47. The lowest BCUT2D eigenvalue weighted by Crippen LogP contribution is -2.30. The molecule has 0 bridgehead atoms. The largest absolute Gasteiger partial charge is 0.491 e. The van der Waals surface area contributed by atoms with Crippen molar-refractivity contribution < 1.29 is 18.3 Å². The van der Waals surface area contributed by atoms with Gasteiger partial charge in [-0.15, -0.1) is 0 Å². The van der Waals surface area contributed by atoms with Crippen LogP contribution in [0.3, 0.4) is 0 Å². The van der Waals surface area contributed by atoms with Gasteiger partial charge in [-0.1, -0.05) is 36.4 Å². The fourth-order valence-electron chi connectivity index (χ4n) is 2.41. The van der Waals surface area contributed by atoms with E-state index in [0.717, 1.165) is 5.56 Å². The van der Waals surface area contributed by atoms with Gasteiger partial charge in [0.25, 0.3) is 0 Å². The van der Waals surface area contributed by atoms with Crippen LogP contribution in [0.25, 0.3) is 0 Å². The van der Waals surface area contributed by atoms with Crippen LogP contribution in [0.5, 0.6) is 5.75 Å². The highest BCUT2D eigenvalue weighted by Crippen LogP contribution is 2.32. The van der Waals surface area contributed by atoms with Crippen molar-refractivity contribution in [2.24, 2.45) is 0 Å². The summed E-state index contributed by atoms with van der Waals surface area (Å²) in [6.45, 7) is -0.0608. The molecule has 0 amide bonds. The number of hydrogen-bond acceptors (Lipinski definition) is 4. The van der Waals surface area contributed by atoms with Crippen LogP contribution in [0.2, 0.25) is 0 Å². The van der Waals surface area contributed by atoms with Gasteiger partial charge in [0, 0.05) is 5.56 Å². The number of hydrogen-bond donors (Lipinski definition) is 2. The molecule has 0 fully saturated rings. The molecule has 3 rings (SSSR count). The Labute approximate surface area is 123 Å². The van der Waals surface area contributed by atoms with Gasteiger partial charge in [-0.05, 0) is 17.7 Å². The fraction of sp³-hybridized carbons (Fsp3) is 0.200. The molecule has 1 heterocycles. The minimum atomic E-state index is -3.72. The molecule has 1 aliphatic rings. The molecule has 0 saturated carbocycles. The number of nitrogens with one attached hydrogen (secondary N) is 1. The molecule has 0 aliphatic carbocycles. The van der Waals surface area contributed by atoms with Crippen molar-refractivity contribution in [2.45, 2.75) is 17.5 Å². The van der Waals surface area contributed by atoms with Crippen molar-refractivity contribution in [2.75, 3.05) is 6.61 Å². The van der Waals surface area contributed by atoms with Crippen LogP contribution in [0.15, 0.2) is 53.4 Å². The summed E-state index contributed by atoms with van der Waals surface area (Å²) in [6.07, 6.45) is 0. The lowest BCUT2D eigenvalue weighted by atomic mass is 10.1. The van der Waals surface area contributed by atoms with E-state index in [1.165, 1.54) is 6.07 Å². The number of sulfonamides is 1. The maximum Gasteiger partial charge on any atom is 0.241 e. The number of para-hydroxylation sites is 1. The molecule has 0 spiro atoms. The van der Waals surface area contributed by atoms with Gasteiger partial charge in [0.05, 0.1) is 17.5 Å². The number of aliphatic hydroxyl groups is 1. The minimum absolute atomic E-state index is 0.0943. The number of benzene rings is 2. The molecule has 1 atom stereocenters. The van der Waals surface area contributed by atoms with Gasteiger partial charge in [-0.2, -0.15) is 0 Å². The Balaban J connectivity index is 1.91. The molecule has 21 heavy (non-hydrogen) atoms. The first-order valence-electron chi connectivity index (χ1n) is 6.54. The average Bonchev–Trinajstić information content (AvgIpc) is 2.90. The van der Waals surface area contributed by atoms with Crippen molar-refractivity contribution in [1.82, 2.24) is 4.72 Å². The average molecular weight is 305 g/mol. The molecule has 1 unspecified atom stereocenters. The molecule has 2 aromatic carbocycles. The highest BCUT2D eigenvalue weighted by molar-refractivity contribution is 7.89. The van der Waals surface area contributed by atoms with Gasteiger partial charge in [0.1, 0.15) is 12.4 Å². The normalized spacial score (nSPS) is 17.3. The Morgan fingerprint density at radius 3 is 2.67 bits per heavy atom. The van der Waals surface area contributed by atoms with Crippen LogP contribution in [0.4, 0.5) is 0 Å². The number of rotatable bonds is 4. The predicted octanol–water partition coefficient (Wildman–Crippen LogP) is 1.59. The molecule has 5 nitrogen and oxygen atoms in total. The molecule has 2 N–H and O–H groups in total. The van der Waals surface area contributed by atoms with E-state index in [9.17, 15) is 13.5 Å². The molecule has 1 aliphatic heterocycles. The van der Waals surface area contributed by atoms with E-state index in [1.54, 1.807) is 18.2 Å². The predicted molar refractivity (Wildman–Crippen MR) is 77.4 cm³/mol. The van der Waals surface area contributed by atoms with Crippen LogP contribution >= 0.6 is 0 Å². The van der Waals surface area contributed by atoms with Crippen LogP contribution in [0, 0.1) is 0 Å². The monoisotopic (exact) mass is 305 g/mol. The Bertz CT molecular complexity index is 758. The Kier molecular flexibility index (Phi) is 3.67. The SMILES string of the molecule is O=S(=O)(NC1COc2ccccc21)c1ccccc1CO. The van der Waals surface area contributed by atoms with Crippen molar-refractivity contribution in [1.29, 1.82) is 0 Å². The van der Waals surface area contributed by atoms with Crippen LogP contribution in [-0.4, -0.2) is 20.1 Å². The molecule has 0 saturated heterocycles. The van der Waals surface area contributed by atoms with E-state index >= 15 is 0 Å². The van der Waals surface area contributed by atoms with E-state index in [-0.39, 0.29) is 18.1 Å². The maximum absolute atomic E-state index is 12.5. The molecular formula is C15H15NO4S. The van der Waals surface area contributed by atoms with Crippen LogP contribution in [0.1, 0.15) is 17.2 Å². The van der Waals surface area contributed by atoms with E-state index in [2.05, 4.69) is 4.72 Å². The zero-order valence-corrected chi connectivity index (χ0v) is 12.0. The number of ether oxygens (including phenoxy) is 1. The molecule has 6 heteroatoms. The lowest BCUT2D eigenvalue weighted by Gasteiger charge is -2.14. The second-order valence-electron chi connectivity index (χ2n) is 4.79. The van der Waals surface area contributed by atoms with Crippen molar-refractivity contribution >= 4 is 10.0 Å². The van der Waals surface area contributed by atoms with Crippen LogP contribution < -0.4 is 9.46 Å². The van der Waals surface area contributed by atoms with E-state index < -0.39 is 16.1 Å². The third-order valence-electron chi connectivity index (χ3n) is 3.43. The van der Waals surface area contributed by atoms with Gasteiger partial charge in [-0.25, -0.2) is 13.1 Å². The first-order chi connectivity index (χ1) is 10.1. The molecule has 110 valence electrons. The maximum atomic E-state index is 12.5.